The number of ether oxygens (including phenoxy) is 4. The highest BCUT2D eigenvalue weighted by molar-refractivity contribution is 8.00. The number of Topliss-reactive ketones (excluding diaryl/α,β-unsaturated/α-hetero) is 7. The van der Waals surface area contributed by atoms with Crippen LogP contribution in [-0.2, 0) is 120 Å². The summed E-state index contributed by atoms with van der Waals surface area (Å²) in [6.45, 7) is 13.9. The summed E-state index contributed by atoms with van der Waals surface area (Å²) in [6.07, 6.45) is 15.8. The Bertz CT molecular complexity index is 4720. The molecule has 0 spiro atoms. The van der Waals surface area contributed by atoms with Gasteiger partial charge >= 0.3 is 12.0 Å². The number of aromatic nitrogens is 5. The highest BCUT2D eigenvalue weighted by atomic mass is 32.2. The van der Waals surface area contributed by atoms with E-state index in [1.54, 1.807) is 13.2 Å². The van der Waals surface area contributed by atoms with Gasteiger partial charge in [-0.15, -0.1) is 0 Å². The first-order valence-corrected chi connectivity index (χ1v) is 49.9. The van der Waals surface area contributed by atoms with Gasteiger partial charge in [-0.2, -0.15) is 11.8 Å². The number of carbonyl (C=O) groups is 18. The summed E-state index contributed by atoms with van der Waals surface area (Å²) >= 11 is 1.89. The number of hydrogen-bond acceptors (Lipinski definition) is 27. The molecule has 0 aliphatic carbocycles. The maximum atomic E-state index is 14.3. The van der Waals surface area contributed by atoms with Crippen LogP contribution in [0.1, 0.15) is 213 Å². The van der Waals surface area contributed by atoms with Crippen LogP contribution in [0.3, 0.4) is 0 Å². The lowest BCUT2D eigenvalue weighted by molar-refractivity contribution is -0.143. The second-order valence-electron chi connectivity index (χ2n) is 37.4. The van der Waals surface area contributed by atoms with Gasteiger partial charge in [0.1, 0.15) is 37.1 Å². The monoisotopic (exact) mass is 1960 g/mol. The molecule has 14 N–H and O–H groups in total. The van der Waals surface area contributed by atoms with Gasteiger partial charge in [-0.3, -0.25) is 81.5 Å². The van der Waals surface area contributed by atoms with Gasteiger partial charge in [-0.1, -0.05) is 52.3 Å². The van der Waals surface area contributed by atoms with E-state index in [9.17, 15) is 96.5 Å². The van der Waals surface area contributed by atoms with Crippen molar-refractivity contribution in [3.8, 4) is 0 Å². The molecule has 139 heavy (non-hydrogen) atoms. The van der Waals surface area contributed by atoms with E-state index >= 15 is 0 Å². The van der Waals surface area contributed by atoms with Gasteiger partial charge in [-0.05, 0) is 141 Å². The zero-order valence-corrected chi connectivity index (χ0v) is 82.3. The fraction of sp³-hybridized carbons (Fsp3) is 0.670. The topological polar surface area (TPSA) is 576 Å². The number of amides is 11. The maximum absolute atomic E-state index is 14.3. The summed E-state index contributed by atoms with van der Waals surface area (Å²) in [5.74, 6) is -9.24. The molecule has 5 aliphatic heterocycles. The number of carboxylic acid groups (broad SMARTS) is 1. The number of benzene rings is 1. The standard InChI is InChI=1S/C54H72N12O12.C43H73N5O12S/c1-30(2)18-43(54(78)65-16-8-12-44(65)32(4)67)64-50(74)34(19-36-24-57-40-11-7-6-10-39(36)40)21-46(69)31(3)61-48(71)27-58-52(76)45-13-9-17-66(45)53(77)41(14-15-49(72)73)63-51(75)35(20-37-25-55-28-59-37)22-47(70)42(62-33(5)68)23-38-26-56-29-60-38;1-30(2)24-34(44-3)38(53)25-31(26-49)42(55)48-17-7-13-36(48)37(52)14-6-16-45-40(54)28-60-23-21-58-19-9-12-33(51)27-59-22-20-57-18-8-11-32(50)10-4-5-15-39-41-35(29-61-39)46-43(56)47-41/h6-7,10-11,24-26,28-31,34-35,41-45,57H,8-9,12-23,27H2,1-5H3,(H,55,59)(H,56,60)(H,58,76)(H,61,71)(H,62,68)(H,63,75)(H,64,74)(H,72,73);30-31,34-36,39,41,44,49H,4-29H2,1-3H3,(H,45,54)(H2,46,47,56)/t31-,34+,35+,41-,42-,43-,44-,45-;31-,34-,35-,36-,39-,41-/m00/s1. The molecule has 0 bridgehead atoms. The SMILES string of the molecule is CC(=O)N[C@@H](Cc1cnc[nH]1)C(=O)C[C@@H](Cc1cnc[nH]1)C(=O)N[C@@H](CCC(=O)O)C(=O)N1CCC[C@H]1C(=O)NCC(=O)N[C@@H](C)C(=O)C[C@@H](Cc1c[nH]c2ccccc12)C(=O)N[C@@H](CC(C)C)C(=O)N1CCC[C@H]1C(C)=O.CN[C@@H](CC(C)C)C(=O)C[C@@H](CO)C(=O)N1CCC[C@H]1C(=O)CCCNC(=O)COCCOCCCC(=O)COCCOCCCC(=O)CCCC[C@@H]1SC[C@@H]2NC(=O)N[C@@H]21. The van der Waals surface area contributed by atoms with Crippen LogP contribution in [0, 0.1) is 29.6 Å². The molecular formula is C97H145N17O24S. The number of unbranched alkanes of at least 4 members (excludes halogenated alkanes) is 1. The number of thioether (sulfide) groups is 1. The molecule has 11 amide bonds. The summed E-state index contributed by atoms with van der Waals surface area (Å²) in [7, 11) is 1.71. The number of aromatic amines is 3. The molecular weight excluding hydrogens is 1820 g/mol. The van der Waals surface area contributed by atoms with Crippen molar-refractivity contribution in [2.75, 3.05) is 105 Å². The van der Waals surface area contributed by atoms with E-state index in [-0.39, 0.29) is 162 Å². The first-order chi connectivity index (χ1) is 66.6. The first kappa shape index (κ1) is 113. The second kappa shape index (κ2) is 59.5. The van der Waals surface area contributed by atoms with Crippen molar-refractivity contribution in [1.29, 1.82) is 0 Å². The van der Waals surface area contributed by atoms with Crippen molar-refractivity contribution in [3.63, 3.8) is 0 Å². The number of imidazole rings is 2. The molecule has 0 radical (unpaired) electrons. The van der Waals surface area contributed by atoms with Crippen LogP contribution in [0.2, 0.25) is 0 Å². The molecule has 42 heteroatoms. The van der Waals surface area contributed by atoms with Crippen LogP contribution in [0.4, 0.5) is 4.79 Å². The number of para-hydroxylation sites is 1. The Labute approximate surface area is 815 Å². The minimum Gasteiger partial charge on any atom is -0.481 e. The number of nitrogens with one attached hydrogen (secondary N) is 12. The number of nitrogens with zero attached hydrogens (tertiary/aromatic N) is 5. The van der Waals surface area contributed by atoms with E-state index in [0.717, 1.165) is 41.5 Å². The van der Waals surface area contributed by atoms with E-state index in [4.69, 9.17) is 18.9 Å². The summed E-state index contributed by atoms with van der Waals surface area (Å²) in [6, 6.07) is 0.574. The molecule has 3 aromatic heterocycles. The number of carbonyl (C=O) groups excluding carboxylic acids is 17. The van der Waals surface area contributed by atoms with E-state index in [0.29, 0.717) is 146 Å². The Morgan fingerprint density at radius 3 is 1.75 bits per heavy atom. The van der Waals surface area contributed by atoms with Crippen LogP contribution in [-0.4, -0.2) is 326 Å². The van der Waals surface area contributed by atoms with Crippen molar-refractivity contribution in [3.05, 3.63) is 72.5 Å². The average molecular weight is 1970 g/mol. The predicted octanol–water partition coefficient (Wildman–Crippen LogP) is 3.51. The van der Waals surface area contributed by atoms with Crippen LogP contribution in [0.5, 0.6) is 0 Å². The summed E-state index contributed by atoms with van der Waals surface area (Å²) in [5.41, 5.74) is 2.61. The number of likely N-dealkylation sites (tertiary alicyclic amines) is 3. The quantitative estimate of drug-likeness (QED) is 0.0222. The molecule has 8 heterocycles. The number of urea groups is 1. The molecule has 768 valence electrons. The summed E-state index contributed by atoms with van der Waals surface area (Å²) < 4.78 is 21.8. The number of likely N-dealkylation sites (N-methyl/N-ethyl adjacent to an activating group) is 1. The van der Waals surface area contributed by atoms with Crippen LogP contribution in [0.15, 0.2) is 55.5 Å². The van der Waals surface area contributed by atoms with Gasteiger partial charge in [0.05, 0.1) is 106 Å². The van der Waals surface area contributed by atoms with Crippen molar-refractivity contribution < 1.29 is 115 Å². The highest BCUT2D eigenvalue weighted by Crippen LogP contribution is 2.34. The molecule has 4 aromatic rings. The number of carboxylic acids is 1. The molecule has 41 nitrogen and oxygen atoms in total. The third kappa shape index (κ3) is 38.1. The first-order valence-electron chi connectivity index (χ1n) is 48.9. The Morgan fingerprint density at radius 1 is 0.547 bits per heavy atom. The summed E-state index contributed by atoms with van der Waals surface area (Å²) in [5, 5.41) is 45.8. The van der Waals surface area contributed by atoms with Crippen LogP contribution < -0.4 is 47.9 Å². The van der Waals surface area contributed by atoms with Gasteiger partial charge < -0.3 is 107 Å². The van der Waals surface area contributed by atoms with E-state index in [1.165, 1.54) is 60.5 Å². The van der Waals surface area contributed by atoms with E-state index in [1.807, 2.05) is 63.7 Å². The summed E-state index contributed by atoms with van der Waals surface area (Å²) in [4.78, 5) is 256. The Kier molecular flexibility index (Phi) is 48.5. The fourth-order valence-corrected chi connectivity index (χ4v) is 19.7. The van der Waals surface area contributed by atoms with Gasteiger partial charge in [0.25, 0.3) is 0 Å². The van der Waals surface area contributed by atoms with Gasteiger partial charge in [0, 0.05) is 168 Å². The van der Waals surface area contributed by atoms with Gasteiger partial charge in [0.2, 0.25) is 53.2 Å². The van der Waals surface area contributed by atoms with Crippen molar-refractivity contribution in [1.82, 2.24) is 87.5 Å². The molecule has 5 saturated heterocycles. The lowest BCUT2D eigenvalue weighted by Gasteiger charge is -2.30. The number of fused-ring (bicyclic) bond motifs is 2. The Morgan fingerprint density at radius 2 is 1.12 bits per heavy atom. The molecule has 9 rings (SSSR count). The normalized spacial score (nSPS) is 18.9. The van der Waals surface area contributed by atoms with Gasteiger partial charge in [-0.25, -0.2) is 14.8 Å². The Balaban J connectivity index is 0.000000352. The third-order valence-corrected chi connectivity index (χ3v) is 26.9. The molecule has 5 fully saturated rings. The molecule has 14 atom stereocenters. The van der Waals surface area contributed by atoms with Crippen molar-refractivity contribution in [2.24, 2.45) is 29.6 Å². The zero-order valence-electron chi connectivity index (χ0n) is 81.4. The minimum absolute atomic E-state index is 0.00133. The minimum atomic E-state index is -1.44. The van der Waals surface area contributed by atoms with Crippen molar-refractivity contribution in [2.45, 2.75) is 281 Å². The number of hydrogen-bond donors (Lipinski definition) is 14. The molecule has 5 aliphatic rings. The lowest BCUT2D eigenvalue weighted by Crippen LogP contribution is -2.55. The molecule has 0 unspecified atom stereocenters. The maximum Gasteiger partial charge on any atom is 0.315 e. The predicted molar refractivity (Wildman–Crippen MR) is 512 cm³/mol. The second-order valence-corrected chi connectivity index (χ2v) is 38.7. The molecule has 1 aromatic carbocycles. The van der Waals surface area contributed by atoms with E-state index < -0.39 is 145 Å². The average Bonchev–Trinajstić information content (AvgIpc) is 1.70. The number of aliphatic carboxylic acids is 1. The zero-order chi connectivity index (χ0) is 101. The Hall–Kier alpha value is -11.0. The smallest absolute Gasteiger partial charge is 0.315 e. The number of H-pyrrole nitrogens is 3. The van der Waals surface area contributed by atoms with Crippen LogP contribution in [0.25, 0.3) is 10.9 Å². The number of ketones is 7. The number of aliphatic hydroxyl groups is 1. The largest absolute Gasteiger partial charge is 0.481 e. The fourth-order valence-electron chi connectivity index (χ4n) is 18.1. The number of rotatable bonds is 65. The highest BCUT2D eigenvalue weighted by Gasteiger charge is 2.45. The van der Waals surface area contributed by atoms with Gasteiger partial charge in [0.15, 0.2) is 34.7 Å². The lowest BCUT2D eigenvalue weighted by atomic mass is 9.90. The number of aliphatic hydroxyl groups excluding tert-OH is 1. The van der Waals surface area contributed by atoms with Crippen LogP contribution >= 0.6 is 11.8 Å². The third-order valence-electron chi connectivity index (χ3n) is 25.4. The van der Waals surface area contributed by atoms with Crippen molar-refractivity contribution >= 4 is 128 Å². The molecule has 0 saturated carbocycles. The van der Waals surface area contributed by atoms with E-state index in [2.05, 4.69) is 72.8 Å².